The first-order chi connectivity index (χ1) is 7.08. The van der Waals surface area contributed by atoms with Gasteiger partial charge in [0.25, 0.3) is 0 Å². The molecule has 0 atom stereocenters. The van der Waals surface area contributed by atoms with Gasteiger partial charge in [0.05, 0.1) is 10.9 Å². The topological polar surface area (TPSA) is 43.1 Å². The van der Waals surface area contributed by atoms with Crippen molar-refractivity contribution in [1.82, 2.24) is 4.98 Å². The number of nitrogens with zero attached hydrogens (tertiary/aromatic N) is 1. The molecule has 0 aliphatic carbocycles. The molecule has 0 bridgehead atoms. The predicted molar refractivity (Wildman–Crippen MR) is 59.7 cm³/mol. The second kappa shape index (κ2) is 3.35. The minimum atomic E-state index is -0.360. The van der Waals surface area contributed by atoms with Crippen molar-refractivity contribution in [3.63, 3.8) is 0 Å². The lowest BCUT2D eigenvalue weighted by molar-refractivity contribution is 0.486. The Morgan fingerprint density at radius 3 is 2.87 bits per heavy atom. The lowest BCUT2D eigenvalue weighted by atomic mass is 10.2. The fraction of sp³-hybridized carbons (Fsp3) is 0.167. The van der Waals surface area contributed by atoms with Gasteiger partial charge in [0.1, 0.15) is 0 Å². The van der Waals surface area contributed by atoms with Crippen LogP contribution in [-0.2, 0) is 0 Å². The minimum absolute atomic E-state index is 0.302. The van der Waals surface area contributed by atoms with Gasteiger partial charge >= 0.3 is 5.63 Å². The zero-order valence-electron chi connectivity index (χ0n) is 8.70. The van der Waals surface area contributed by atoms with Crippen molar-refractivity contribution < 1.29 is 4.42 Å². The molecule has 0 aliphatic rings. The molecular formula is C12H11NO2. The quantitative estimate of drug-likeness (QED) is 0.712. The third kappa shape index (κ3) is 1.68. The summed E-state index contributed by atoms with van der Waals surface area (Å²) in [6.07, 6.45) is 0. The fourth-order valence-electron chi connectivity index (χ4n) is 1.37. The highest BCUT2D eigenvalue weighted by molar-refractivity contribution is 5.78. The van der Waals surface area contributed by atoms with Crippen molar-refractivity contribution in [2.24, 2.45) is 0 Å². The third-order valence-corrected chi connectivity index (χ3v) is 2.15. The lowest BCUT2D eigenvalue weighted by Gasteiger charge is -2.00. The van der Waals surface area contributed by atoms with Gasteiger partial charge in [-0.15, -0.1) is 0 Å². The molecule has 2 aromatic rings. The second-order valence-electron chi connectivity index (χ2n) is 3.61. The van der Waals surface area contributed by atoms with E-state index in [0.717, 1.165) is 5.56 Å². The van der Waals surface area contributed by atoms with Crippen LogP contribution in [0.1, 0.15) is 18.4 Å². The van der Waals surface area contributed by atoms with Gasteiger partial charge in [-0.25, -0.2) is 9.78 Å². The van der Waals surface area contributed by atoms with E-state index in [1.165, 1.54) is 0 Å². The summed E-state index contributed by atoms with van der Waals surface area (Å²) in [5.74, 6) is 0.302. The van der Waals surface area contributed by atoms with E-state index in [1.54, 1.807) is 13.0 Å². The first-order valence-electron chi connectivity index (χ1n) is 4.65. The van der Waals surface area contributed by atoms with Crippen LogP contribution >= 0.6 is 0 Å². The molecule has 3 heteroatoms. The van der Waals surface area contributed by atoms with E-state index in [-0.39, 0.29) is 5.63 Å². The molecule has 1 aromatic carbocycles. The molecule has 0 unspecified atom stereocenters. The second-order valence-corrected chi connectivity index (χ2v) is 3.61. The summed E-state index contributed by atoms with van der Waals surface area (Å²) < 4.78 is 5.04. The van der Waals surface area contributed by atoms with Crippen molar-refractivity contribution >= 4 is 16.5 Å². The Balaban J connectivity index is 2.84. The van der Waals surface area contributed by atoms with Crippen molar-refractivity contribution in [2.75, 3.05) is 0 Å². The highest BCUT2D eigenvalue weighted by atomic mass is 16.4. The average Bonchev–Trinajstić information content (AvgIpc) is 2.18. The van der Waals surface area contributed by atoms with E-state index in [4.69, 9.17) is 4.42 Å². The van der Waals surface area contributed by atoms with Crippen LogP contribution in [0.4, 0.5) is 0 Å². The van der Waals surface area contributed by atoms with E-state index in [9.17, 15) is 4.79 Å². The van der Waals surface area contributed by atoms with Gasteiger partial charge in [-0.05, 0) is 26.0 Å². The highest BCUT2D eigenvalue weighted by Gasteiger charge is 2.06. The zero-order valence-corrected chi connectivity index (χ0v) is 8.70. The number of benzene rings is 1. The molecule has 0 spiro atoms. The number of aromatic nitrogens is 1. The molecule has 0 saturated carbocycles. The molecule has 0 N–H and O–H groups in total. The van der Waals surface area contributed by atoms with Gasteiger partial charge in [-0.2, -0.15) is 0 Å². The number of hydrogen-bond donors (Lipinski definition) is 0. The van der Waals surface area contributed by atoms with Crippen LogP contribution in [0.15, 0.2) is 34.0 Å². The number of rotatable bonds is 1. The van der Waals surface area contributed by atoms with Crippen LogP contribution in [0.2, 0.25) is 0 Å². The molecule has 1 aromatic heterocycles. The maximum Gasteiger partial charge on any atom is 0.347 e. The zero-order chi connectivity index (χ0) is 11.0. The van der Waals surface area contributed by atoms with Crippen LogP contribution in [0, 0.1) is 6.92 Å². The smallest absolute Gasteiger partial charge is 0.347 e. The highest BCUT2D eigenvalue weighted by Crippen LogP contribution is 2.13. The van der Waals surface area contributed by atoms with E-state index >= 15 is 0 Å². The number of fused-ring (bicyclic) bond motifs is 1. The maximum atomic E-state index is 11.6. The Kier molecular flexibility index (Phi) is 2.15. The minimum Gasteiger partial charge on any atom is -0.404 e. The number of allylic oxidation sites excluding steroid dienone is 1. The first-order valence-corrected chi connectivity index (χ1v) is 4.65. The molecule has 2 rings (SSSR count). The van der Waals surface area contributed by atoms with Crippen molar-refractivity contribution in [3.8, 4) is 0 Å². The van der Waals surface area contributed by atoms with Crippen molar-refractivity contribution in [1.29, 1.82) is 0 Å². The lowest BCUT2D eigenvalue weighted by Crippen LogP contribution is -2.04. The molecule has 0 fully saturated rings. The third-order valence-electron chi connectivity index (χ3n) is 2.15. The van der Waals surface area contributed by atoms with E-state index in [2.05, 4.69) is 11.6 Å². The molecule has 0 amide bonds. The van der Waals surface area contributed by atoms with Crippen LogP contribution in [0.25, 0.3) is 16.5 Å². The van der Waals surface area contributed by atoms with Gasteiger partial charge in [0.15, 0.2) is 0 Å². The van der Waals surface area contributed by atoms with E-state index in [1.807, 2.05) is 19.1 Å². The summed E-state index contributed by atoms with van der Waals surface area (Å²) >= 11 is 0. The summed E-state index contributed by atoms with van der Waals surface area (Å²) in [4.78, 5) is 15.8. The Hall–Kier alpha value is -1.90. The summed E-state index contributed by atoms with van der Waals surface area (Å²) in [6.45, 7) is 7.37. The molecule has 1 heterocycles. The van der Waals surface area contributed by atoms with E-state index in [0.29, 0.717) is 22.4 Å². The molecule has 3 nitrogen and oxygen atoms in total. The van der Waals surface area contributed by atoms with E-state index < -0.39 is 0 Å². The monoisotopic (exact) mass is 201 g/mol. The van der Waals surface area contributed by atoms with Gasteiger partial charge in [0, 0.05) is 5.57 Å². The first kappa shape index (κ1) is 9.65. The fourth-order valence-corrected chi connectivity index (χ4v) is 1.37. The van der Waals surface area contributed by atoms with Gasteiger partial charge in [-0.3, -0.25) is 0 Å². The van der Waals surface area contributed by atoms with Crippen molar-refractivity contribution in [3.05, 3.63) is 46.7 Å². The van der Waals surface area contributed by atoms with Gasteiger partial charge < -0.3 is 4.42 Å². The normalized spacial score (nSPS) is 10.5. The number of aryl methyl sites for hydroxylation is 1. The largest absolute Gasteiger partial charge is 0.404 e. The standard InChI is InChI=1S/C12H11NO2/c1-7(2)11-13-10-5-4-8(3)6-9(10)12(14)15-11/h4-6H,1H2,2-3H3. The number of hydrogen-bond acceptors (Lipinski definition) is 3. The van der Waals surface area contributed by atoms with Crippen molar-refractivity contribution in [2.45, 2.75) is 13.8 Å². The molecule has 0 saturated heterocycles. The van der Waals surface area contributed by atoms with Crippen LogP contribution in [-0.4, -0.2) is 4.98 Å². The summed E-state index contributed by atoms with van der Waals surface area (Å²) in [7, 11) is 0. The Morgan fingerprint density at radius 1 is 1.47 bits per heavy atom. The molecule has 15 heavy (non-hydrogen) atoms. The van der Waals surface area contributed by atoms with Crippen LogP contribution in [0.3, 0.4) is 0 Å². The average molecular weight is 201 g/mol. The SMILES string of the molecule is C=C(C)c1nc2ccc(C)cc2c(=O)o1. The Morgan fingerprint density at radius 2 is 2.20 bits per heavy atom. The molecule has 0 aliphatic heterocycles. The molecule has 0 radical (unpaired) electrons. The summed E-state index contributed by atoms with van der Waals surface area (Å²) in [6, 6.07) is 5.50. The maximum absolute atomic E-state index is 11.6. The van der Waals surface area contributed by atoms with Gasteiger partial charge in [-0.1, -0.05) is 18.2 Å². The molecule has 76 valence electrons. The Labute approximate surface area is 87.1 Å². The summed E-state index contributed by atoms with van der Waals surface area (Å²) in [5.41, 5.74) is 1.95. The van der Waals surface area contributed by atoms with Crippen LogP contribution in [0.5, 0.6) is 0 Å². The van der Waals surface area contributed by atoms with Gasteiger partial charge in [0.2, 0.25) is 5.89 Å². The van der Waals surface area contributed by atoms with Crippen LogP contribution < -0.4 is 5.63 Å². The molecular weight excluding hydrogens is 190 g/mol. The predicted octanol–water partition coefficient (Wildman–Crippen LogP) is 2.53. The summed E-state index contributed by atoms with van der Waals surface area (Å²) in [5, 5.41) is 0.514. The Bertz CT molecular complexity index is 596.